The SMILES string of the molecule is C[C@H](/C=C/CCn1cc(C(CO)c2ccccc2)nn1)[C@@]1(O)C(=O)N(Cc2ccc(N3CN(c4ccccc4)C4(CCNCC4)C3=O)cc2)c2ccc(Br)cc21. The standard InChI is InChI=1S/C44H46BrN7O4/c1-31(10-8-9-25-49-28-39(47-48-49)37(29-53)33-11-4-2-5-12-33)44(56)38-26-34(45)17-20-40(38)50(42(44)55)27-32-15-18-35(19-16-32)51-30-52(36-13-6-3-7-14-36)43(41(51)54)21-23-46-24-22-43/h2-8,10-20,26,28,31,37,46,53,56H,9,21-25,27,29-30H2,1H3/b10-8+/t31-,37?,44+/m1/s1. The molecule has 2 saturated heterocycles. The van der Waals surface area contributed by atoms with E-state index in [-0.39, 0.29) is 30.9 Å². The number of nitrogens with one attached hydrogen (secondary N) is 1. The van der Waals surface area contributed by atoms with Crippen molar-refractivity contribution in [2.75, 3.05) is 41.1 Å². The minimum absolute atomic E-state index is 0.0703. The molecule has 11 nitrogen and oxygen atoms in total. The Labute approximate surface area is 335 Å². The van der Waals surface area contributed by atoms with E-state index in [1.165, 1.54) is 0 Å². The third kappa shape index (κ3) is 6.85. The average molecular weight is 817 g/mol. The van der Waals surface area contributed by atoms with E-state index >= 15 is 0 Å². The second-order valence-corrected chi connectivity index (χ2v) is 15.9. The lowest BCUT2D eigenvalue weighted by Crippen LogP contribution is -2.55. The van der Waals surface area contributed by atoms with Crippen molar-refractivity contribution in [1.82, 2.24) is 20.3 Å². The molecule has 5 aromatic rings. The Balaban J connectivity index is 0.957. The summed E-state index contributed by atoms with van der Waals surface area (Å²) in [6, 6.07) is 33.3. The fourth-order valence-electron chi connectivity index (χ4n) is 8.49. The van der Waals surface area contributed by atoms with Gasteiger partial charge in [0, 0.05) is 40.1 Å². The predicted molar refractivity (Wildman–Crippen MR) is 220 cm³/mol. The average Bonchev–Trinajstić information content (AvgIpc) is 3.87. The molecule has 2 amide bonds. The topological polar surface area (TPSA) is 127 Å². The lowest BCUT2D eigenvalue weighted by Gasteiger charge is -2.39. The minimum Gasteiger partial charge on any atom is -0.395 e. The maximum Gasteiger partial charge on any atom is 0.264 e. The first-order valence-corrected chi connectivity index (χ1v) is 20.0. The molecule has 1 aromatic heterocycles. The van der Waals surface area contributed by atoms with Crippen LogP contribution in [-0.4, -0.2) is 68.9 Å². The van der Waals surface area contributed by atoms with E-state index in [2.05, 4.69) is 48.6 Å². The molecular formula is C44H46BrN7O4. The fourth-order valence-corrected chi connectivity index (χ4v) is 8.85. The fraction of sp³-hybridized carbons (Fsp3) is 0.318. The van der Waals surface area contributed by atoms with Crippen molar-refractivity contribution < 1.29 is 19.8 Å². The molecule has 4 heterocycles. The lowest BCUT2D eigenvalue weighted by atomic mass is 9.83. The summed E-state index contributed by atoms with van der Waals surface area (Å²) in [6.45, 7) is 4.64. The smallest absolute Gasteiger partial charge is 0.264 e. The zero-order chi connectivity index (χ0) is 38.9. The van der Waals surface area contributed by atoms with E-state index in [0.717, 1.165) is 52.9 Å². The normalized spacial score (nSPS) is 20.3. The van der Waals surface area contributed by atoms with Crippen molar-refractivity contribution in [3.8, 4) is 0 Å². The number of para-hydroxylation sites is 1. The molecule has 3 aliphatic rings. The van der Waals surface area contributed by atoms with E-state index in [1.54, 1.807) is 9.58 Å². The van der Waals surface area contributed by atoms with Crippen LogP contribution < -0.4 is 20.0 Å². The number of aromatic nitrogens is 3. The number of anilines is 3. The van der Waals surface area contributed by atoms with Crippen LogP contribution in [0.5, 0.6) is 0 Å². The van der Waals surface area contributed by atoms with Gasteiger partial charge in [0.05, 0.1) is 37.1 Å². The van der Waals surface area contributed by atoms with Crippen LogP contribution in [0.3, 0.4) is 0 Å². The van der Waals surface area contributed by atoms with E-state index in [4.69, 9.17) is 0 Å². The van der Waals surface area contributed by atoms with Crippen molar-refractivity contribution in [1.29, 1.82) is 0 Å². The van der Waals surface area contributed by atoms with Crippen LogP contribution in [0.4, 0.5) is 17.1 Å². The zero-order valence-electron chi connectivity index (χ0n) is 31.3. The molecule has 56 heavy (non-hydrogen) atoms. The maximum absolute atomic E-state index is 14.3. The number of piperidine rings is 1. The van der Waals surface area contributed by atoms with Gasteiger partial charge < -0.3 is 25.3 Å². The summed E-state index contributed by atoms with van der Waals surface area (Å²) in [5.41, 5.74) is 3.27. The van der Waals surface area contributed by atoms with Crippen molar-refractivity contribution in [3.05, 3.63) is 148 Å². The summed E-state index contributed by atoms with van der Waals surface area (Å²) in [5.74, 6) is -1.06. The first-order chi connectivity index (χ1) is 27.2. The second kappa shape index (κ2) is 15.8. The van der Waals surface area contributed by atoms with E-state index in [9.17, 15) is 19.8 Å². The molecule has 12 heteroatoms. The molecule has 1 spiro atoms. The van der Waals surface area contributed by atoms with Crippen molar-refractivity contribution >= 4 is 44.8 Å². The molecule has 3 atom stereocenters. The summed E-state index contributed by atoms with van der Waals surface area (Å²) in [4.78, 5) is 34.3. The summed E-state index contributed by atoms with van der Waals surface area (Å²) in [5, 5.41) is 34.3. The molecular weight excluding hydrogens is 770 g/mol. The van der Waals surface area contributed by atoms with Gasteiger partial charge in [-0.15, -0.1) is 5.10 Å². The van der Waals surface area contributed by atoms with Gasteiger partial charge in [0.25, 0.3) is 11.8 Å². The van der Waals surface area contributed by atoms with Gasteiger partial charge in [-0.1, -0.05) is 101 Å². The molecule has 0 radical (unpaired) electrons. The van der Waals surface area contributed by atoms with Gasteiger partial charge in [-0.3, -0.25) is 19.2 Å². The Hall–Kier alpha value is -5.14. The predicted octanol–water partition coefficient (Wildman–Crippen LogP) is 6.11. The highest BCUT2D eigenvalue weighted by atomic mass is 79.9. The lowest BCUT2D eigenvalue weighted by molar-refractivity contribution is -0.139. The highest BCUT2D eigenvalue weighted by Crippen LogP contribution is 2.47. The van der Waals surface area contributed by atoms with Crippen LogP contribution >= 0.6 is 15.9 Å². The minimum atomic E-state index is -1.77. The Kier molecular flexibility index (Phi) is 10.6. The quantitative estimate of drug-likeness (QED) is 0.129. The molecule has 4 aromatic carbocycles. The van der Waals surface area contributed by atoms with Crippen LogP contribution in [0, 0.1) is 5.92 Å². The molecule has 0 bridgehead atoms. The van der Waals surface area contributed by atoms with Gasteiger partial charge in [-0.05, 0) is 85.9 Å². The van der Waals surface area contributed by atoms with E-state index in [0.29, 0.717) is 36.6 Å². The molecule has 1 unspecified atom stereocenters. The van der Waals surface area contributed by atoms with Gasteiger partial charge in [0.1, 0.15) is 5.54 Å². The van der Waals surface area contributed by atoms with Gasteiger partial charge in [0.2, 0.25) is 0 Å². The Morgan fingerprint density at radius 3 is 2.34 bits per heavy atom. The van der Waals surface area contributed by atoms with Crippen LogP contribution in [0.25, 0.3) is 0 Å². The molecule has 0 saturated carbocycles. The van der Waals surface area contributed by atoms with Crippen molar-refractivity contribution in [2.24, 2.45) is 5.92 Å². The van der Waals surface area contributed by atoms with Crippen LogP contribution in [0.1, 0.15) is 54.5 Å². The number of hydrogen-bond donors (Lipinski definition) is 3. The summed E-state index contributed by atoms with van der Waals surface area (Å²) >= 11 is 3.56. The Morgan fingerprint density at radius 1 is 0.911 bits per heavy atom. The van der Waals surface area contributed by atoms with Gasteiger partial charge in [-0.2, -0.15) is 0 Å². The molecule has 8 rings (SSSR count). The Morgan fingerprint density at radius 2 is 1.62 bits per heavy atom. The third-order valence-electron chi connectivity index (χ3n) is 11.7. The van der Waals surface area contributed by atoms with Crippen LogP contribution in [0.15, 0.2) is 126 Å². The first kappa shape index (κ1) is 37.8. The number of carbonyl (C=O) groups excluding carboxylic acids is 2. The number of hydrogen-bond acceptors (Lipinski definition) is 8. The number of amides is 2. The monoisotopic (exact) mass is 815 g/mol. The number of aryl methyl sites for hydroxylation is 1. The molecule has 3 N–H and O–H groups in total. The summed E-state index contributed by atoms with van der Waals surface area (Å²) in [6.07, 6.45) is 7.78. The van der Waals surface area contributed by atoms with Gasteiger partial charge >= 0.3 is 0 Å². The number of benzene rings is 4. The second-order valence-electron chi connectivity index (χ2n) is 15.0. The number of carbonyl (C=O) groups is 2. The Bertz CT molecular complexity index is 2210. The summed E-state index contributed by atoms with van der Waals surface area (Å²) < 4.78 is 2.52. The number of halogens is 1. The van der Waals surface area contributed by atoms with Gasteiger partial charge in [0.15, 0.2) is 5.60 Å². The number of aliphatic hydroxyl groups is 2. The summed E-state index contributed by atoms with van der Waals surface area (Å²) in [7, 11) is 0. The number of allylic oxidation sites excluding steroid dienone is 1. The van der Waals surface area contributed by atoms with Gasteiger partial charge in [-0.25, -0.2) is 0 Å². The van der Waals surface area contributed by atoms with Crippen molar-refractivity contribution in [3.63, 3.8) is 0 Å². The van der Waals surface area contributed by atoms with Crippen LogP contribution in [0.2, 0.25) is 0 Å². The molecule has 2 fully saturated rings. The highest BCUT2D eigenvalue weighted by Gasteiger charge is 2.54. The molecule has 3 aliphatic heterocycles. The van der Waals surface area contributed by atoms with Crippen molar-refractivity contribution in [2.45, 2.75) is 56.3 Å². The van der Waals surface area contributed by atoms with E-state index in [1.807, 2.05) is 121 Å². The largest absolute Gasteiger partial charge is 0.395 e. The van der Waals surface area contributed by atoms with Crippen LogP contribution in [-0.2, 0) is 28.3 Å². The zero-order valence-corrected chi connectivity index (χ0v) is 32.9. The number of rotatable bonds is 12. The molecule has 0 aliphatic carbocycles. The first-order valence-electron chi connectivity index (χ1n) is 19.2. The molecule has 288 valence electrons. The number of aliphatic hydroxyl groups excluding tert-OH is 1. The maximum atomic E-state index is 14.3. The number of nitrogens with zero attached hydrogens (tertiary/aromatic N) is 6. The third-order valence-corrected chi connectivity index (χ3v) is 12.2. The number of fused-ring (bicyclic) bond motifs is 1. The van der Waals surface area contributed by atoms with E-state index < -0.39 is 17.1 Å². The highest BCUT2D eigenvalue weighted by molar-refractivity contribution is 9.10.